The van der Waals surface area contributed by atoms with Crippen LogP contribution in [-0.2, 0) is 17.6 Å². The third-order valence-corrected chi connectivity index (χ3v) is 6.33. The van der Waals surface area contributed by atoms with Crippen LogP contribution in [0.25, 0.3) is 22.6 Å². The number of rotatable bonds is 3. The van der Waals surface area contributed by atoms with Gasteiger partial charge in [-0.1, -0.05) is 24.3 Å². The van der Waals surface area contributed by atoms with Crippen LogP contribution in [0.2, 0.25) is 0 Å². The van der Waals surface area contributed by atoms with Crippen molar-refractivity contribution in [2.45, 2.75) is 25.3 Å². The zero-order valence-electron chi connectivity index (χ0n) is 17.7. The summed E-state index contributed by atoms with van der Waals surface area (Å²) in [5, 5.41) is 0. The van der Waals surface area contributed by atoms with Crippen molar-refractivity contribution in [3.63, 3.8) is 0 Å². The van der Waals surface area contributed by atoms with Gasteiger partial charge >= 0.3 is 0 Å². The van der Waals surface area contributed by atoms with Crippen LogP contribution in [0.1, 0.15) is 23.6 Å². The summed E-state index contributed by atoms with van der Waals surface area (Å²) in [6, 6.07) is 8.99. The van der Waals surface area contributed by atoms with Crippen molar-refractivity contribution < 1.29 is 4.74 Å². The number of hydrogen-bond donors (Lipinski definition) is 1. The number of morpholine rings is 1. The molecule has 4 heterocycles. The van der Waals surface area contributed by atoms with Gasteiger partial charge in [-0.3, -0.25) is 0 Å². The fourth-order valence-electron chi connectivity index (χ4n) is 4.63. The van der Waals surface area contributed by atoms with Gasteiger partial charge in [0.05, 0.1) is 31.9 Å². The fraction of sp³-hybridized carbons (Fsp3) is 0.348. The van der Waals surface area contributed by atoms with E-state index >= 15 is 0 Å². The van der Waals surface area contributed by atoms with Crippen molar-refractivity contribution in [1.82, 2.24) is 29.5 Å². The Morgan fingerprint density at radius 2 is 1.81 bits per heavy atom. The Balaban J connectivity index is 1.47. The average Bonchev–Trinajstić information content (AvgIpc) is 3.28. The number of aromatic nitrogens is 6. The zero-order valence-corrected chi connectivity index (χ0v) is 17.7. The van der Waals surface area contributed by atoms with Crippen LogP contribution in [-0.4, -0.2) is 55.8 Å². The molecule has 1 atom stereocenters. The zero-order chi connectivity index (χ0) is 21.5. The number of imidazole rings is 1. The SMILES string of the molecule is Nc1cnc(-c2nc(N3CCOCC3)nc3c2ncn3C2CCc3ccccc3C2)cn1. The lowest BCUT2D eigenvalue weighted by Gasteiger charge is -2.28. The molecule has 1 unspecified atom stereocenters. The number of aryl methyl sites for hydroxylation is 1. The lowest BCUT2D eigenvalue weighted by Crippen LogP contribution is -2.37. The van der Waals surface area contributed by atoms with Gasteiger partial charge in [0.25, 0.3) is 0 Å². The molecule has 1 aromatic carbocycles. The minimum atomic E-state index is 0.299. The van der Waals surface area contributed by atoms with E-state index in [-0.39, 0.29) is 0 Å². The van der Waals surface area contributed by atoms with Crippen molar-refractivity contribution in [2.75, 3.05) is 36.9 Å². The molecular formula is C23H24N8O. The summed E-state index contributed by atoms with van der Waals surface area (Å²) in [5.41, 5.74) is 11.5. The Morgan fingerprint density at radius 3 is 2.62 bits per heavy atom. The molecule has 4 aromatic rings. The molecule has 1 fully saturated rings. The van der Waals surface area contributed by atoms with E-state index < -0.39 is 0 Å². The van der Waals surface area contributed by atoms with Crippen LogP contribution in [0.15, 0.2) is 43.0 Å². The molecule has 0 saturated carbocycles. The first-order valence-electron chi connectivity index (χ1n) is 11.0. The molecule has 0 bridgehead atoms. The molecule has 0 amide bonds. The van der Waals surface area contributed by atoms with Gasteiger partial charge in [0.1, 0.15) is 22.7 Å². The highest BCUT2D eigenvalue weighted by atomic mass is 16.5. The summed E-state index contributed by atoms with van der Waals surface area (Å²) in [4.78, 5) is 25.4. The van der Waals surface area contributed by atoms with E-state index in [1.54, 1.807) is 12.4 Å². The number of benzene rings is 1. The molecule has 3 aromatic heterocycles. The van der Waals surface area contributed by atoms with E-state index in [4.69, 9.17) is 25.4 Å². The second-order valence-electron chi connectivity index (χ2n) is 8.29. The Kier molecular flexibility index (Phi) is 4.68. The van der Waals surface area contributed by atoms with Gasteiger partial charge in [-0.2, -0.15) is 4.98 Å². The topological polar surface area (TPSA) is 108 Å². The molecule has 1 saturated heterocycles. The number of ether oxygens (including phenoxy) is 1. The highest BCUT2D eigenvalue weighted by Crippen LogP contribution is 2.33. The Bertz CT molecular complexity index is 1260. The molecule has 2 aliphatic rings. The number of nitrogens with zero attached hydrogens (tertiary/aromatic N) is 7. The van der Waals surface area contributed by atoms with Gasteiger partial charge in [-0.15, -0.1) is 0 Å². The summed E-state index contributed by atoms with van der Waals surface area (Å²) in [6.07, 6.45) is 8.17. The maximum absolute atomic E-state index is 5.76. The molecule has 1 aliphatic heterocycles. The predicted molar refractivity (Wildman–Crippen MR) is 121 cm³/mol. The molecule has 162 valence electrons. The Morgan fingerprint density at radius 1 is 0.969 bits per heavy atom. The number of hydrogen-bond acceptors (Lipinski definition) is 8. The molecule has 2 N–H and O–H groups in total. The third kappa shape index (κ3) is 3.34. The second-order valence-corrected chi connectivity index (χ2v) is 8.29. The van der Waals surface area contributed by atoms with Crippen LogP contribution in [0, 0.1) is 0 Å². The summed E-state index contributed by atoms with van der Waals surface area (Å²) >= 11 is 0. The largest absolute Gasteiger partial charge is 0.382 e. The van der Waals surface area contributed by atoms with E-state index in [1.165, 1.54) is 11.1 Å². The fourth-order valence-corrected chi connectivity index (χ4v) is 4.63. The van der Waals surface area contributed by atoms with E-state index in [2.05, 4.69) is 43.7 Å². The van der Waals surface area contributed by atoms with E-state index in [1.807, 2.05) is 6.33 Å². The van der Waals surface area contributed by atoms with Crippen LogP contribution in [0.3, 0.4) is 0 Å². The van der Waals surface area contributed by atoms with Crippen molar-refractivity contribution in [2.24, 2.45) is 0 Å². The predicted octanol–water partition coefficient (Wildman–Crippen LogP) is 2.43. The molecule has 9 heteroatoms. The molecule has 32 heavy (non-hydrogen) atoms. The molecule has 0 radical (unpaired) electrons. The number of fused-ring (bicyclic) bond motifs is 2. The van der Waals surface area contributed by atoms with Crippen LogP contribution < -0.4 is 10.6 Å². The Hall–Kier alpha value is -3.59. The quantitative estimate of drug-likeness (QED) is 0.530. The summed E-state index contributed by atoms with van der Waals surface area (Å²) < 4.78 is 7.74. The Labute approximate surface area is 185 Å². The minimum absolute atomic E-state index is 0.299. The minimum Gasteiger partial charge on any atom is -0.382 e. The van der Waals surface area contributed by atoms with Crippen molar-refractivity contribution in [1.29, 1.82) is 0 Å². The molecule has 0 spiro atoms. The maximum atomic E-state index is 5.76. The monoisotopic (exact) mass is 428 g/mol. The number of nitrogen functional groups attached to an aromatic ring is 1. The normalized spacial score (nSPS) is 18.6. The molecule has 1 aliphatic carbocycles. The van der Waals surface area contributed by atoms with Crippen LogP contribution >= 0.6 is 0 Å². The summed E-state index contributed by atoms with van der Waals surface area (Å²) in [7, 11) is 0. The van der Waals surface area contributed by atoms with Gasteiger partial charge < -0.3 is 19.9 Å². The average molecular weight is 429 g/mol. The smallest absolute Gasteiger partial charge is 0.228 e. The molecular weight excluding hydrogens is 404 g/mol. The van der Waals surface area contributed by atoms with Gasteiger partial charge in [0.15, 0.2) is 5.65 Å². The van der Waals surface area contributed by atoms with E-state index in [9.17, 15) is 0 Å². The van der Waals surface area contributed by atoms with E-state index in [0.29, 0.717) is 42.4 Å². The van der Waals surface area contributed by atoms with Crippen molar-refractivity contribution in [3.05, 3.63) is 54.1 Å². The van der Waals surface area contributed by atoms with Gasteiger partial charge in [0.2, 0.25) is 5.95 Å². The van der Waals surface area contributed by atoms with Crippen molar-refractivity contribution >= 4 is 22.9 Å². The first-order chi connectivity index (χ1) is 15.8. The van der Waals surface area contributed by atoms with Gasteiger partial charge in [-0.05, 0) is 30.4 Å². The maximum Gasteiger partial charge on any atom is 0.228 e. The molecule has 6 rings (SSSR count). The highest BCUT2D eigenvalue weighted by molar-refractivity contribution is 5.87. The van der Waals surface area contributed by atoms with Crippen LogP contribution in [0.4, 0.5) is 11.8 Å². The lowest BCUT2D eigenvalue weighted by atomic mass is 9.88. The summed E-state index contributed by atoms with van der Waals surface area (Å²) in [5.74, 6) is 1.05. The molecule has 9 nitrogen and oxygen atoms in total. The van der Waals surface area contributed by atoms with Gasteiger partial charge in [0, 0.05) is 19.1 Å². The first-order valence-corrected chi connectivity index (χ1v) is 11.0. The highest BCUT2D eigenvalue weighted by Gasteiger charge is 2.25. The lowest BCUT2D eigenvalue weighted by molar-refractivity contribution is 0.122. The number of nitrogens with two attached hydrogens (primary N) is 1. The summed E-state index contributed by atoms with van der Waals surface area (Å²) in [6.45, 7) is 2.83. The van der Waals surface area contributed by atoms with E-state index in [0.717, 1.165) is 43.5 Å². The third-order valence-electron chi connectivity index (χ3n) is 6.33. The van der Waals surface area contributed by atoms with Gasteiger partial charge in [-0.25, -0.2) is 19.9 Å². The second kappa shape index (κ2) is 7.83. The van der Waals surface area contributed by atoms with Crippen LogP contribution in [0.5, 0.6) is 0 Å². The standard InChI is InChI=1S/C23H24N8O/c24-19-13-25-18(12-26-19)20-21-22(29-23(28-20)30-7-9-32-10-8-30)31(14-27-21)17-6-5-15-3-1-2-4-16(15)11-17/h1-4,12-14,17H,5-11H2,(H2,24,26). The number of anilines is 2. The van der Waals surface area contributed by atoms with Crippen molar-refractivity contribution in [3.8, 4) is 11.4 Å². The first kappa shape index (κ1) is 19.1.